The summed E-state index contributed by atoms with van der Waals surface area (Å²) in [6, 6.07) is 26.3. The van der Waals surface area contributed by atoms with Gasteiger partial charge in [-0.15, -0.1) is 0 Å². The molecule has 386 valence electrons. The fraction of sp³-hybridized carbons (Fsp3) is 0.400. The molecule has 0 aliphatic rings. The van der Waals surface area contributed by atoms with Crippen LogP contribution in [0.5, 0.6) is 0 Å². The van der Waals surface area contributed by atoms with E-state index in [1.165, 1.54) is 0 Å². The van der Waals surface area contributed by atoms with Crippen molar-refractivity contribution in [1.82, 2.24) is 29.3 Å². The third-order valence-electron chi connectivity index (χ3n) is 16.5. The molecule has 0 aliphatic heterocycles. The molecule has 12 aromatic rings. The summed E-state index contributed by atoms with van der Waals surface area (Å²) in [5, 5.41) is 34.7. The Bertz CT molecular complexity index is 4190. The molecule has 0 unspecified atom stereocenters. The molecular weight excluding hydrogens is 934 g/mol. The van der Waals surface area contributed by atoms with E-state index in [4.69, 9.17) is 38.5 Å². The molecule has 16 heteroatoms. The molecule has 0 spiro atoms. The number of benzene rings is 6. The summed E-state index contributed by atoms with van der Waals surface area (Å²) in [6.07, 6.45) is 0. The van der Waals surface area contributed by atoms with Gasteiger partial charge in [-0.05, 0) is 102 Å². The van der Waals surface area contributed by atoms with Crippen LogP contribution < -0.4 is 9.14 Å². The van der Waals surface area contributed by atoms with E-state index in [9.17, 15) is 10.0 Å². The lowest BCUT2D eigenvalue weighted by Gasteiger charge is -2.40. The van der Waals surface area contributed by atoms with E-state index in [0.29, 0.717) is 0 Å². The molecule has 2 N–H and O–H groups in total. The van der Waals surface area contributed by atoms with Gasteiger partial charge < -0.3 is 48.5 Å². The molecule has 12 rings (SSSR count). The van der Waals surface area contributed by atoms with Crippen molar-refractivity contribution in [2.45, 2.75) is 157 Å². The van der Waals surface area contributed by atoms with Crippen molar-refractivity contribution in [2.75, 3.05) is 0 Å². The van der Waals surface area contributed by atoms with E-state index in [1.807, 2.05) is 0 Å². The SMILES string of the molecule is CC(C)(C)c1cc2n[b-](O)c3cc(C(C)(C)C)cc4[b-](O[b-]5nc6cc(C(C)(C)C)cc7n[b-](O[b-]8nc9cc(C(C)(C)C)cc%10n[b-](O)c%11cc(C(C)(C)C)cc8c%11c%109)c8cc(C(C)(C)C)cc5c8c67)nc(c1)c2c34. The molecule has 0 saturated carbocycles. The maximum absolute atomic E-state index is 11.9. The smallest absolute Gasteiger partial charge is 0.177 e. The summed E-state index contributed by atoms with van der Waals surface area (Å²) < 4.78 is 15.2. The van der Waals surface area contributed by atoms with Crippen molar-refractivity contribution in [2.24, 2.45) is 0 Å². The first kappa shape index (κ1) is 50.5. The third kappa shape index (κ3) is 8.03. The summed E-state index contributed by atoms with van der Waals surface area (Å²) in [5.74, 6) is 0. The monoisotopic (exact) mass is 1000 g/mol. The van der Waals surface area contributed by atoms with Gasteiger partial charge >= 0.3 is 0 Å². The topological polar surface area (TPSA) is 136 Å². The van der Waals surface area contributed by atoms with Gasteiger partial charge in [-0.3, -0.25) is 0 Å². The van der Waals surface area contributed by atoms with Gasteiger partial charge in [0, 0.05) is 49.3 Å². The number of nitrogens with zero attached hydrogens (tertiary/aromatic N) is 6. The van der Waals surface area contributed by atoms with Gasteiger partial charge in [0.25, 0.3) is 0 Å². The molecule has 10 nitrogen and oxygen atoms in total. The Hall–Kier alpha value is -6.29. The molecule has 6 heterocycles. The Balaban J connectivity index is 1.19. The Morgan fingerprint density at radius 1 is 0.263 bits per heavy atom. The maximum atomic E-state index is 11.9. The minimum Gasteiger partial charge on any atom is -0.959 e. The molecule has 0 saturated heterocycles. The van der Waals surface area contributed by atoms with Gasteiger partial charge in [-0.25, -0.2) is 0 Å². The summed E-state index contributed by atoms with van der Waals surface area (Å²) >= 11 is 0. The summed E-state index contributed by atoms with van der Waals surface area (Å²) in [7, 11) is 0. The molecule has 0 fully saturated rings. The average molecular weight is 1000 g/mol. The second kappa shape index (κ2) is 16.1. The molecule has 6 aromatic carbocycles. The Kier molecular flexibility index (Phi) is 10.7. The predicted molar refractivity (Wildman–Crippen MR) is 324 cm³/mol. The van der Waals surface area contributed by atoms with Crippen molar-refractivity contribution in [3.8, 4) is 0 Å². The van der Waals surface area contributed by atoms with Crippen LogP contribution in [0.1, 0.15) is 158 Å². The van der Waals surface area contributed by atoms with Crippen LogP contribution in [-0.4, -0.2) is 79.5 Å². The van der Waals surface area contributed by atoms with Crippen LogP contribution in [0.3, 0.4) is 0 Å². The first-order valence-electron chi connectivity index (χ1n) is 27.3. The normalized spacial score (nSPS) is 13.8. The van der Waals surface area contributed by atoms with Crippen LogP contribution in [0.25, 0.3) is 97.1 Å². The van der Waals surface area contributed by atoms with Gasteiger partial charge in [0.2, 0.25) is 0 Å². The van der Waals surface area contributed by atoms with Gasteiger partial charge in [0.15, 0.2) is 13.4 Å². The second-order valence-corrected chi connectivity index (χ2v) is 28.5. The van der Waals surface area contributed by atoms with Gasteiger partial charge in [0.05, 0.1) is 0 Å². The highest BCUT2D eigenvalue weighted by Gasteiger charge is 2.24. The zero-order chi connectivity index (χ0) is 54.5. The number of rotatable bonds is 4. The van der Waals surface area contributed by atoms with Crippen LogP contribution in [0.2, 0.25) is 0 Å². The highest BCUT2D eigenvalue weighted by Crippen LogP contribution is 2.42. The maximum Gasteiger partial charge on any atom is 0.177 e. The fourth-order valence-corrected chi connectivity index (χ4v) is 11.8. The average Bonchev–Trinajstić information content (AvgIpc) is 3.50. The van der Waals surface area contributed by atoms with Crippen molar-refractivity contribution in [3.63, 3.8) is 0 Å². The lowest BCUT2D eigenvalue weighted by atomic mass is 9.69. The van der Waals surface area contributed by atoms with Crippen molar-refractivity contribution >= 4 is 137 Å². The molecule has 76 heavy (non-hydrogen) atoms. The zero-order valence-corrected chi connectivity index (χ0v) is 47.8. The Labute approximate surface area is 446 Å². The van der Waals surface area contributed by atoms with Crippen molar-refractivity contribution < 1.29 is 19.2 Å². The first-order chi connectivity index (χ1) is 35.2. The fourth-order valence-electron chi connectivity index (χ4n) is 11.8. The molecule has 0 radical (unpaired) electrons. The van der Waals surface area contributed by atoms with E-state index in [-0.39, 0.29) is 32.5 Å². The molecule has 0 atom stereocenters. The highest BCUT2D eigenvalue weighted by atomic mass is 16.4. The van der Waals surface area contributed by atoms with Crippen LogP contribution in [-0.2, 0) is 32.5 Å². The van der Waals surface area contributed by atoms with Crippen LogP contribution in [0.15, 0.2) is 72.8 Å². The van der Waals surface area contributed by atoms with E-state index >= 15 is 0 Å². The van der Waals surface area contributed by atoms with E-state index in [2.05, 4.69) is 197 Å². The quantitative estimate of drug-likeness (QED) is 0.164. The van der Waals surface area contributed by atoms with E-state index in [1.54, 1.807) is 0 Å². The first-order valence-corrected chi connectivity index (χ1v) is 27.3. The lowest BCUT2D eigenvalue weighted by molar-refractivity contribution is 0.589. The molecular formula is C60H68B6N6O4-6. The number of hydrogen-bond acceptors (Lipinski definition) is 10. The van der Waals surface area contributed by atoms with Crippen LogP contribution in [0, 0.1) is 0 Å². The van der Waals surface area contributed by atoms with Crippen molar-refractivity contribution in [1.29, 1.82) is 0 Å². The second-order valence-electron chi connectivity index (χ2n) is 28.5. The van der Waals surface area contributed by atoms with Gasteiger partial charge in [0.1, 0.15) is 26.8 Å². The number of aromatic nitrogens is 6. The lowest BCUT2D eigenvalue weighted by Crippen LogP contribution is -2.30. The molecule has 6 aromatic heterocycles. The van der Waals surface area contributed by atoms with Gasteiger partial charge in [-0.1, -0.05) is 177 Å². The molecule has 0 aliphatic carbocycles. The summed E-state index contributed by atoms with van der Waals surface area (Å²) in [4.78, 5) is 32.2. The summed E-state index contributed by atoms with van der Waals surface area (Å²) in [6.45, 7) is 34.4. The van der Waals surface area contributed by atoms with Gasteiger partial charge in [-0.2, -0.15) is 31.7 Å². The minimum atomic E-state index is -1.05. The van der Waals surface area contributed by atoms with Crippen molar-refractivity contribution in [3.05, 3.63) is 106 Å². The van der Waals surface area contributed by atoms with Crippen LogP contribution >= 0.6 is 0 Å². The molecule has 0 amide bonds. The van der Waals surface area contributed by atoms with E-state index < -0.39 is 40.1 Å². The third-order valence-corrected chi connectivity index (χ3v) is 16.5. The van der Waals surface area contributed by atoms with Crippen LogP contribution in [0.4, 0.5) is 0 Å². The Morgan fingerprint density at radius 2 is 0.447 bits per heavy atom. The number of hydrogen-bond donors (Lipinski definition) is 2. The largest absolute Gasteiger partial charge is 0.959 e. The predicted octanol–water partition coefficient (Wildman–Crippen LogP) is 12.0. The highest BCUT2D eigenvalue weighted by molar-refractivity contribution is 6.75. The standard InChI is InChI=1S/C60H68B6N6O4/c1-55(2,3)31-19-37-49-39(21-31)63(69-45-27-34(58(10,11)12)25-43(52(45)49)67-61(37)73)75-65-41-23-33(57(7,8)9)24-42-51(41)54-47(71-65)29-36(60(16,17)18)30-48(54)72-66(42)76-64-40-22-32(56(4,5)6)20-38-50(40)53-44(68-62(38)74)26-35(59(13,14)15)28-46(53)70-64/h19-30,73-74H,1-18H3/q-6. The van der Waals surface area contributed by atoms with E-state index in [0.717, 1.165) is 130 Å². The zero-order valence-electron chi connectivity index (χ0n) is 47.8. The molecule has 0 bridgehead atoms. The summed E-state index contributed by atoms with van der Waals surface area (Å²) in [5.41, 5.74) is 9.76. The minimum absolute atomic E-state index is 0.200. The Morgan fingerprint density at radius 3 is 0.671 bits per heavy atom.